The molecule has 0 saturated carbocycles. The Labute approximate surface area is 110 Å². The number of anilines is 1. The highest BCUT2D eigenvalue weighted by molar-refractivity contribution is 6.02. The maximum Gasteiger partial charge on any atom is 0.458 e. The smallest absolute Gasteiger partial charge is 0.458 e. The zero-order valence-electron chi connectivity index (χ0n) is 9.95. The molecule has 1 N–H and O–H groups in total. The fourth-order valence-electron chi connectivity index (χ4n) is 1.31. The number of carboxylic acid groups (broad SMARTS) is 1. The zero-order valence-corrected chi connectivity index (χ0v) is 9.95. The molecule has 5 nitrogen and oxygen atoms in total. The number of halogens is 4. The van der Waals surface area contributed by atoms with Crippen molar-refractivity contribution in [2.75, 3.05) is 12.4 Å². The standard InChI is InChI=1S/C11H9F4NO4/c1-20-10(12,11(13,14)15)9(19)16-7-5-3-2-4-6(7)8(17)18/h2-5H,1H3,(H,16,19)(H,17,18)/p-1/t10-/m0/s1. The number of carbonyl (C=O) groups excluding carboxylic acids is 2. The van der Waals surface area contributed by atoms with Gasteiger partial charge in [0.1, 0.15) is 0 Å². The average molecular weight is 294 g/mol. The van der Waals surface area contributed by atoms with Crippen molar-refractivity contribution in [3.05, 3.63) is 29.8 Å². The average Bonchev–Trinajstić information content (AvgIpc) is 2.36. The van der Waals surface area contributed by atoms with Gasteiger partial charge in [-0.3, -0.25) is 4.79 Å². The van der Waals surface area contributed by atoms with E-state index in [1.807, 2.05) is 0 Å². The lowest BCUT2D eigenvalue weighted by molar-refractivity contribution is -0.305. The number of amides is 1. The summed E-state index contributed by atoms with van der Waals surface area (Å²) in [5.74, 6) is -8.53. The van der Waals surface area contributed by atoms with Crippen LogP contribution in [-0.2, 0) is 9.53 Å². The van der Waals surface area contributed by atoms with E-state index in [0.29, 0.717) is 7.11 Å². The minimum atomic E-state index is -5.62. The first-order chi connectivity index (χ1) is 9.13. The molecule has 1 atom stereocenters. The topological polar surface area (TPSA) is 78.5 Å². The molecule has 9 heteroatoms. The Hall–Kier alpha value is -2.16. The monoisotopic (exact) mass is 294 g/mol. The lowest BCUT2D eigenvalue weighted by atomic mass is 10.1. The molecular weight excluding hydrogens is 286 g/mol. The zero-order chi connectivity index (χ0) is 15.6. The van der Waals surface area contributed by atoms with Gasteiger partial charge in [-0.2, -0.15) is 17.6 Å². The second-order valence-electron chi connectivity index (χ2n) is 3.58. The summed E-state index contributed by atoms with van der Waals surface area (Å²) in [5.41, 5.74) is -1.14. The molecule has 0 aromatic heterocycles. The summed E-state index contributed by atoms with van der Waals surface area (Å²) in [4.78, 5) is 22.1. The minimum Gasteiger partial charge on any atom is -0.545 e. The van der Waals surface area contributed by atoms with E-state index in [1.165, 1.54) is 17.4 Å². The third-order valence-corrected chi connectivity index (χ3v) is 2.33. The molecule has 0 radical (unpaired) electrons. The van der Waals surface area contributed by atoms with E-state index >= 15 is 0 Å². The third-order valence-electron chi connectivity index (χ3n) is 2.33. The van der Waals surface area contributed by atoms with Crippen LogP contribution in [0.4, 0.5) is 23.2 Å². The van der Waals surface area contributed by atoms with Crippen LogP contribution in [0.15, 0.2) is 24.3 Å². The molecule has 0 spiro atoms. The molecule has 0 unspecified atom stereocenters. The van der Waals surface area contributed by atoms with E-state index in [-0.39, 0.29) is 0 Å². The van der Waals surface area contributed by atoms with Gasteiger partial charge in [-0.25, -0.2) is 0 Å². The summed E-state index contributed by atoms with van der Waals surface area (Å²) in [6.45, 7) is 0. The molecule has 0 heterocycles. The van der Waals surface area contributed by atoms with Gasteiger partial charge in [0.15, 0.2) is 0 Å². The van der Waals surface area contributed by atoms with Gasteiger partial charge >= 0.3 is 12.0 Å². The van der Waals surface area contributed by atoms with Gasteiger partial charge < -0.3 is 20.0 Å². The maximum atomic E-state index is 13.5. The number of nitrogens with one attached hydrogen (secondary N) is 1. The Morgan fingerprint density at radius 2 is 1.75 bits per heavy atom. The summed E-state index contributed by atoms with van der Waals surface area (Å²) in [7, 11) is 0.359. The van der Waals surface area contributed by atoms with Gasteiger partial charge in [0.05, 0.1) is 5.97 Å². The Kier molecular flexibility index (Phi) is 4.33. The quantitative estimate of drug-likeness (QED) is 0.836. The van der Waals surface area contributed by atoms with Crippen molar-refractivity contribution in [2.24, 2.45) is 0 Å². The first-order valence-electron chi connectivity index (χ1n) is 5.06. The second kappa shape index (κ2) is 5.45. The van der Waals surface area contributed by atoms with Gasteiger partial charge in [-0.05, 0) is 6.07 Å². The van der Waals surface area contributed by atoms with Crippen molar-refractivity contribution in [3.8, 4) is 0 Å². The number of methoxy groups -OCH3 is 1. The summed E-state index contributed by atoms with van der Waals surface area (Å²) in [6, 6.07) is 4.45. The van der Waals surface area contributed by atoms with E-state index in [0.717, 1.165) is 12.1 Å². The number of ether oxygens (including phenoxy) is 1. The summed E-state index contributed by atoms with van der Waals surface area (Å²) in [6.07, 6.45) is -5.62. The van der Waals surface area contributed by atoms with Crippen LogP contribution in [0.1, 0.15) is 10.4 Å². The predicted octanol–water partition coefficient (Wildman–Crippen LogP) is 0.863. The normalized spacial score (nSPS) is 14.4. The SMILES string of the molecule is CO[C@@](F)(C(=O)Nc1ccccc1C(=O)[O-])C(F)(F)F. The van der Waals surface area contributed by atoms with Crippen LogP contribution >= 0.6 is 0 Å². The van der Waals surface area contributed by atoms with E-state index in [4.69, 9.17) is 0 Å². The van der Waals surface area contributed by atoms with Crippen molar-refractivity contribution in [3.63, 3.8) is 0 Å². The van der Waals surface area contributed by atoms with Crippen molar-refractivity contribution < 1.29 is 37.0 Å². The summed E-state index contributed by atoms with van der Waals surface area (Å²) >= 11 is 0. The van der Waals surface area contributed by atoms with E-state index < -0.39 is 35.2 Å². The fraction of sp³-hybridized carbons (Fsp3) is 0.273. The van der Waals surface area contributed by atoms with Gasteiger partial charge in [0.25, 0.3) is 5.91 Å². The number of para-hydroxylation sites is 1. The molecule has 0 bridgehead atoms. The van der Waals surface area contributed by atoms with Crippen LogP contribution in [0.25, 0.3) is 0 Å². The number of benzene rings is 1. The van der Waals surface area contributed by atoms with Gasteiger partial charge in [-0.1, -0.05) is 18.2 Å². The molecule has 0 aliphatic carbocycles. The molecule has 1 aromatic rings. The first-order valence-corrected chi connectivity index (χ1v) is 5.06. The molecular formula is C11H8F4NO4-. The highest BCUT2D eigenvalue weighted by Crippen LogP contribution is 2.35. The number of hydrogen-bond acceptors (Lipinski definition) is 4. The van der Waals surface area contributed by atoms with E-state index in [9.17, 15) is 32.3 Å². The molecule has 1 aromatic carbocycles. The predicted molar refractivity (Wildman–Crippen MR) is 56.3 cm³/mol. The van der Waals surface area contributed by atoms with Crippen LogP contribution in [0.3, 0.4) is 0 Å². The van der Waals surface area contributed by atoms with Crippen molar-refractivity contribution in [1.82, 2.24) is 0 Å². The molecule has 0 saturated heterocycles. The fourth-order valence-corrected chi connectivity index (χ4v) is 1.31. The van der Waals surface area contributed by atoms with Gasteiger partial charge in [0.2, 0.25) is 0 Å². The highest BCUT2D eigenvalue weighted by atomic mass is 19.4. The maximum absolute atomic E-state index is 13.5. The largest absolute Gasteiger partial charge is 0.545 e. The number of aromatic carboxylic acids is 1. The van der Waals surface area contributed by atoms with Crippen LogP contribution in [0.5, 0.6) is 0 Å². The summed E-state index contributed by atoms with van der Waals surface area (Å²) in [5, 5.41) is 12.2. The van der Waals surface area contributed by atoms with Crippen molar-refractivity contribution in [2.45, 2.75) is 12.0 Å². The second-order valence-corrected chi connectivity index (χ2v) is 3.58. The van der Waals surface area contributed by atoms with Gasteiger partial charge in [0, 0.05) is 18.4 Å². The number of carbonyl (C=O) groups is 2. The molecule has 0 fully saturated rings. The Morgan fingerprint density at radius 1 is 1.20 bits per heavy atom. The lowest BCUT2D eigenvalue weighted by Gasteiger charge is -2.25. The van der Waals surface area contributed by atoms with Crippen molar-refractivity contribution >= 4 is 17.6 Å². The van der Waals surface area contributed by atoms with Crippen LogP contribution in [-0.4, -0.2) is 31.0 Å². The highest BCUT2D eigenvalue weighted by Gasteiger charge is 2.63. The Bertz CT molecular complexity index is 531. The Balaban J connectivity index is 3.11. The first kappa shape index (κ1) is 15.9. The van der Waals surface area contributed by atoms with Crippen LogP contribution in [0.2, 0.25) is 0 Å². The van der Waals surface area contributed by atoms with E-state index in [2.05, 4.69) is 4.74 Å². The number of alkyl halides is 4. The molecule has 110 valence electrons. The molecule has 1 amide bonds. The number of hydrogen-bond donors (Lipinski definition) is 1. The lowest BCUT2D eigenvalue weighted by Crippen LogP contribution is -2.52. The number of carboxylic acids is 1. The summed E-state index contributed by atoms with van der Waals surface area (Å²) < 4.78 is 54.4. The van der Waals surface area contributed by atoms with E-state index in [1.54, 1.807) is 0 Å². The third kappa shape index (κ3) is 2.87. The van der Waals surface area contributed by atoms with Gasteiger partial charge in [-0.15, -0.1) is 0 Å². The van der Waals surface area contributed by atoms with Crippen LogP contribution < -0.4 is 10.4 Å². The van der Waals surface area contributed by atoms with Crippen LogP contribution in [0, 0.1) is 0 Å². The Morgan fingerprint density at radius 3 is 2.20 bits per heavy atom. The molecule has 0 aliphatic rings. The molecule has 1 rings (SSSR count). The molecule has 0 aliphatic heterocycles. The molecule has 20 heavy (non-hydrogen) atoms. The number of rotatable bonds is 4. The minimum absolute atomic E-state index is 0.359. The van der Waals surface area contributed by atoms with Crippen molar-refractivity contribution in [1.29, 1.82) is 0 Å².